The summed E-state index contributed by atoms with van der Waals surface area (Å²) in [6.07, 6.45) is 4.35. The Labute approximate surface area is 125 Å². The highest BCUT2D eigenvalue weighted by Crippen LogP contribution is 2.29. The minimum atomic E-state index is -1.16. The van der Waals surface area contributed by atoms with Crippen molar-refractivity contribution in [3.63, 3.8) is 0 Å². The van der Waals surface area contributed by atoms with E-state index in [0.29, 0.717) is 5.56 Å². The number of carbonyl (C=O) groups excluding carboxylic acids is 1. The van der Waals surface area contributed by atoms with E-state index in [9.17, 15) is 14.7 Å². The van der Waals surface area contributed by atoms with Gasteiger partial charge in [-0.1, -0.05) is 43.2 Å². The number of hydrogen-bond donors (Lipinski definition) is 1. The van der Waals surface area contributed by atoms with Crippen molar-refractivity contribution in [2.75, 3.05) is 13.1 Å². The van der Waals surface area contributed by atoms with Crippen molar-refractivity contribution in [3.8, 4) is 0 Å². The predicted octanol–water partition coefficient (Wildman–Crippen LogP) is 2.82. The van der Waals surface area contributed by atoms with Gasteiger partial charge in [0.15, 0.2) is 0 Å². The van der Waals surface area contributed by atoms with E-state index in [4.69, 9.17) is 0 Å². The molecular formula is C17H23NO3. The summed E-state index contributed by atoms with van der Waals surface area (Å²) in [6.45, 7) is 3.15. The minimum absolute atomic E-state index is 0.0202. The molecule has 1 fully saturated rings. The lowest BCUT2D eigenvalue weighted by atomic mass is 9.79. The van der Waals surface area contributed by atoms with Crippen molar-refractivity contribution in [2.24, 2.45) is 0 Å². The molecule has 0 aromatic heterocycles. The monoisotopic (exact) mass is 289 g/mol. The molecule has 1 N–H and O–H groups in total. The molecule has 21 heavy (non-hydrogen) atoms. The van der Waals surface area contributed by atoms with E-state index in [1.54, 1.807) is 19.1 Å². The van der Waals surface area contributed by atoms with Gasteiger partial charge in [-0.05, 0) is 25.3 Å². The first-order chi connectivity index (χ1) is 10.0. The summed E-state index contributed by atoms with van der Waals surface area (Å²) < 4.78 is 0. The second kappa shape index (κ2) is 6.74. The molecule has 1 aromatic rings. The third-order valence-electron chi connectivity index (χ3n) is 4.35. The lowest BCUT2D eigenvalue weighted by Gasteiger charge is -2.28. The van der Waals surface area contributed by atoms with Crippen LogP contribution in [0.25, 0.3) is 0 Å². The molecule has 0 aliphatic carbocycles. The lowest BCUT2D eigenvalue weighted by molar-refractivity contribution is -0.147. The Morgan fingerprint density at radius 3 is 2.19 bits per heavy atom. The fraction of sp³-hybridized carbons (Fsp3) is 0.529. The van der Waals surface area contributed by atoms with Gasteiger partial charge in [0, 0.05) is 19.5 Å². The molecular weight excluding hydrogens is 266 g/mol. The topological polar surface area (TPSA) is 57.6 Å². The first-order valence-corrected chi connectivity index (χ1v) is 7.61. The molecule has 1 saturated heterocycles. The zero-order chi connectivity index (χ0) is 15.3. The zero-order valence-corrected chi connectivity index (χ0v) is 12.5. The molecule has 1 aliphatic heterocycles. The maximum atomic E-state index is 12.5. The average molecular weight is 289 g/mol. The van der Waals surface area contributed by atoms with Crippen LogP contribution in [0.1, 0.15) is 44.6 Å². The van der Waals surface area contributed by atoms with Gasteiger partial charge in [0.2, 0.25) is 5.91 Å². The fourth-order valence-electron chi connectivity index (χ4n) is 2.84. The highest BCUT2D eigenvalue weighted by molar-refractivity contribution is 5.89. The summed E-state index contributed by atoms with van der Waals surface area (Å²) in [5.74, 6) is -0.998. The molecule has 0 spiro atoms. The summed E-state index contributed by atoms with van der Waals surface area (Å²) in [6, 6.07) is 9.04. The van der Waals surface area contributed by atoms with Gasteiger partial charge in [0.1, 0.15) is 0 Å². The first kappa shape index (κ1) is 15.5. The van der Waals surface area contributed by atoms with Crippen LogP contribution in [0.3, 0.4) is 0 Å². The Morgan fingerprint density at radius 1 is 1.10 bits per heavy atom. The normalized spacial score (nSPS) is 18.6. The van der Waals surface area contributed by atoms with E-state index >= 15 is 0 Å². The van der Waals surface area contributed by atoms with Crippen LogP contribution >= 0.6 is 0 Å². The molecule has 1 atom stereocenters. The SMILES string of the molecule is CC(CC(=O)N1CCCCCC1)(C(=O)O)c1ccccc1. The molecule has 1 unspecified atom stereocenters. The third kappa shape index (κ3) is 3.63. The van der Waals surface area contributed by atoms with Crippen molar-refractivity contribution in [3.05, 3.63) is 35.9 Å². The summed E-state index contributed by atoms with van der Waals surface area (Å²) >= 11 is 0. The molecule has 0 saturated carbocycles. The third-order valence-corrected chi connectivity index (χ3v) is 4.35. The number of amides is 1. The van der Waals surface area contributed by atoms with Crippen molar-refractivity contribution < 1.29 is 14.7 Å². The Kier molecular flexibility index (Phi) is 4.99. The molecule has 0 radical (unpaired) electrons. The number of rotatable bonds is 4. The number of benzene rings is 1. The standard InChI is InChI=1S/C17H23NO3/c1-17(16(20)21,14-9-5-4-6-10-14)13-15(19)18-11-7-2-3-8-12-18/h4-6,9-10H,2-3,7-8,11-13H2,1H3,(H,20,21). The number of carboxylic acid groups (broad SMARTS) is 1. The summed E-state index contributed by atoms with van der Waals surface area (Å²) in [4.78, 5) is 26.1. The maximum Gasteiger partial charge on any atom is 0.314 e. The highest BCUT2D eigenvalue weighted by atomic mass is 16.4. The van der Waals surface area contributed by atoms with Gasteiger partial charge >= 0.3 is 5.97 Å². The molecule has 1 aromatic carbocycles. The second-order valence-electron chi connectivity index (χ2n) is 5.98. The van der Waals surface area contributed by atoms with Gasteiger partial charge in [-0.2, -0.15) is 0 Å². The molecule has 1 heterocycles. The van der Waals surface area contributed by atoms with Crippen LogP contribution in [0.2, 0.25) is 0 Å². The van der Waals surface area contributed by atoms with E-state index < -0.39 is 11.4 Å². The van der Waals surface area contributed by atoms with Gasteiger partial charge in [-0.25, -0.2) is 0 Å². The largest absolute Gasteiger partial charge is 0.481 e. The second-order valence-corrected chi connectivity index (χ2v) is 5.98. The van der Waals surface area contributed by atoms with E-state index in [2.05, 4.69) is 0 Å². The number of nitrogens with zero attached hydrogens (tertiary/aromatic N) is 1. The van der Waals surface area contributed by atoms with Crippen molar-refractivity contribution in [1.29, 1.82) is 0 Å². The van der Waals surface area contributed by atoms with E-state index in [-0.39, 0.29) is 12.3 Å². The molecule has 114 valence electrons. The molecule has 0 bridgehead atoms. The molecule has 4 nitrogen and oxygen atoms in total. The number of carboxylic acids is 1. The van der Waals surface area contributed by atoms with Gasteiger partial charge in [-0.15, -0.1) is 0 Å². The van der Waals surface area contributed by atoms with Crippen LogP contribution in [0.15, 0.2) is 30.3 Å². The number of aliphatic carboxylic acids is 1. The zero-order valence-electron chi connectivity index (χ0n) is 12.5. The predicted molar refractivity (Wildman–Crippen MR) is 81.1 cm³/mol. The van der Waals surface area contributed by atoms with Crippen LogP contribution in [-0.4, -0.2) is 35.0 Å². The molecule has 1 aliphatic rings. The fourth-order valence-corrected chi connectivity index (χ4v) is 2.84. The maximum absolute atomic E-state index is 12.5. The number of hydrogen-bond acceptors (Lipinski definition) is 2. The molecule has 2 rings (SSSR count). The van der Waals surface area contributed by atoms with Crippen molar-refractivity contribution in [1.82, 2.24) is 4.90 Å². The summed E-state index contributed by atoms with van der Waals surface area (Å²) in [7, 11) is 0. The van der Waals surface area contributed by atoms with E-state index in [1.807, 2.05) is 23.1 Å². The van der Waals surface area contributed by atoms with Gasteiger partial charge in [0.25, 0.3) is 0 Å². The van der Waals surface area contributed by atoms with Gasteiger partial charge in [-0.3, -0.25) is 9.59 Å². The quantitative estimate of drug-likeness (QED) is 0.927. The summed E-state index contributed by atoms with van der Waals surface area (Å²) in [5.41, 5.74) is -0.481. The minimum Gasteiger partial charge on any atom is -0.481 e. The van der Waals surface area contributed by atoms with E-state index in [0.717, 1.165) is 38.8 Å². The Bertz CT molecular complexity index is 492. The molecule has 4 heteroatoms. The van der Waals surface area contributed by atoms with E-state index in [1.165, 1.54) is 0 Å². The first-order valence-electron chi connectivity index (χ1n) is 7.61. The summed E-state index contributed by atoms with van der Waals surface area (Å²) in [5, 5.41) is 9.62. The van der Waals surface area contributed by atoms with Crippen LogP contribution in [0, 0.1) is 0 Å². The van der Waals surface area contributed by atoms with Crippen LogP contribution in [-0.2, 0) is 15.0 Å². The lowest BCUT2D eigenvalue weighted by Crippen LogP contribution is -2.41. The Balaban J connectivity index is 2.16. The number of carbonyl (C=O) groups is 2. The Hall–Kier alpha value is -1.84. The van der Waals surface area contributed by atoms with Gasteiger partial charge in [0.05, 0.1) is 5.41 Å². The van der Waals surface area contributed by atoms with Crippen LogP contribution in [0.4, 0.5) is 0 Å². The average Bonchev–Trinajstić information content (AvgIpc) is 2.77. The van der Waals surface area contributed by atoms with Crippen molar-refractivity contribution in [2.45, 2.75) is 44.4 Å². The van der Waals surface area contributed by atoms with Crippen LogP contribution < -0.4 is 0 Å². The smallest absolute Gasteiger partial charge is 0.314 e. The van der Waals surface area contributed by atoms with Crippen LogP contribution in [0.5, 0.6) is 0 Å². The van der Waals surface area contributed by atoms with Crippen molar-refractivity contribution >= 4 is 11.9 Å². The highest BCUT2D eigenvalue weighted by Gasteiger charge is 2.38. The number of likely N-dealkylation sites (tertiary alicyclic amines) is 1. The van der Waals surface area contributed by atoms with Gasteiger partial charge < -0.3 is 10.0 Å². The molecule has 1 amide bonds. The Morgan fingerprint density at radius 2 is 1.67 bits per heavy atom.